The van der Waals surface area contributed by atoms with E-state index in [9.17, 15) is 13.2 Å². The van der Waals surface area contributed by atoms with Gasteiger partial charge in [-0.1, -0.05) is 11.3 Å². The maximum atomic E-state index is 12.5. The van der Waals surface area contributed by atoms with Crippen LogP contribution >= 0.6 is 11.3 Å². The van der Waals surface area contributed by atoms with Crippen LogP contribution < -0.4 is 9.54 Å². The van der Waals surface area contributed by atoms with Gasteiger partial charge in [-0.25, -0.2) is 8.42 Å². The van der Waals surface area contributed by atoms with Gasteiger partial charge in [-0.3, -0.25) is 4.79 Å². The SMILES string of the molecule is CCn1c(=NC(=O)CS(=O)(=O)c2ccc(OC)cc2)sc2cc(C)c(C)cc21. The van der Waals surface area contributed by atoms with E-state index in [0.29, 0.717) is 17.1 Å². The van der Waals surface area contributed by atoms with E-state index in [2.05, 4.69) is 17.1 Å². The van der Waals surface area contributed by atoms with Crippen molar-refractivity contribution in [2.24, 2.45) is 4.99 Å². The summed E-state index contributed by atoms with van der Waals surface area (Å²) in [5.74, 6) is -0.803. The molecule has 148 valence electrons. The van der Waals surface area contributed by atoms with Crippen LogP contribution in [0.2, 0.25) is 0 Å². The van der Waals surface area contributed by atoms with Gasteiger partial charge in [0.05, 0.1) is 22.2 Å². The first-order chi connectivity index (χ1) is 13.2. The molecule has 0 spiro atoms. The number of carbonyl (C=O) groups excluding carboxylic acids is 1. The van der Waals surface area contributed by atoms with Crippen molar-refractivity contribution < 1.29 is 17.9 Å². The van der Waals surface area contributed by atoms with Crippen LogP contribution in [0.25, 0.3) is 10.2 Å². The minimum Gasteiger partial charge on any atom is -0.497 e. The number of benzene rings is 2. The fourth-order valence-corrected chi connectivity index (χ4v) is 5.18. The number of hydrogen-bond acceptors (Lipinski definition) is 5. The Morgan fingerprint density at radius 2 is 1.79 bits per heavy atom. The first-order valence-electron chi connectivity index (χ1n) is 8.80. The average molecular weight is 419 g/mol. The number of nitrogens with zero attached hydrogens (tertiary/aromatic N) is 2. The highest BCUT2D eigenvalue weighted by Crippen LogP contribution is 2.22. The number of aryl methyl sites for hydroxylation is 3. The Kier molecular flexibility index (Phi) is 5.71. The van der Waals surface area contributed by atoms with E-state index in [1.54, 1.807) is 12.1 Å². The maximum absolute atomic E-state index is 12.5. The number of fused-ring (bicyclic) bond motifs is 1. The Hall–Kier alpha value is -2.45. The molecule has 1 aromatic heterocycles. The molecule has 0 aliphatic rings. The van der Waals surface area contributed by atoms with E-state index in [0.717, 1.165) is 21.3 Å². The summed E-state index contributed by atoms with van der Waals surface area (Å²) in [6.07, 6.45) is 0. The van der Waals surface area contributed by atoms with Crippen LogP contribution in [0.15, 0.2) is 46.3 Å². The zero-order valence-electron chi connectivity index (χ0n) is 16.2. The predicted octanol–water partition coefficient (Wildman–Crippen LogP) is 3.25. The molecule has 3 aromatic rings. The van der Waals surface area contributed by atoms with E-state index >= 15 is 0 Å². The zero-order chi connectivity index (χ0) is 20.5. The third-order valence-electron chi connectivity index (χ3n) is 4.57. The summed E-state index contributed by atoms with van der Waals surface area (Å²) in [6, 6.07) is 10.1. The summed E-state index contributed by atoms with van der Waals surface area (Å²) in [7, 11) is -2.27. The molecule has 0 radical (unpaired) electrons. The van der Waals surface area contributed by atoms with E-state index in [4.69, 9.17) is 4.74 Å². The maximum Gasteiger partial charge on any atom is 0.263 e. The average Bonchev–Trinajstić information content (AvgIpc) is 2.97. The van der Waals surface area contributed by atoms with Crippen molar-refractivity contribution >= 4 is 37.3 Å². The molecular weight excluding hydrogens is 396 g/mol. The lowest BCUT2D eigenvalue weighted by atomic mass is 10.1. The van der Waals surface area contributed by atoms with E-state index in [1.165, 1.54) is 30.6 Å². The second-order valence-corrected chi connectivity index (χ2v) is 9.47. The Balaban J connectivity index is 1.95. The number of methoxy groups -OCH3 is 1. The van der Waals surface area contributed by atoms with Gasteiger partial charge in [-0.2, -0.15) is 4.99 Å². The van der Waals surface area contributed by atoms with Gasteiger partial charge in [0.25, 0.3) is 5.91 Å². The highest BCUT2D eigenvalue weighted by atomic mass is 32.2. The monoisotopic (exact) mass is 418 g/mol. The lowest BCUT2D eigenvalue weighted by molar-refractivity contribution is -0.115. The van der Waals surface area contributed by atoms with Gasteiger partial charge in [0, 0.05) is 6.54 Å². The lowest BCUT2D eigenvalue weighted by Crippen LogP contribution is -2.20. The number of sulfone groups is 1. The molecule has 1 amide bonds. The third kappa shape index (κ3) is 4.02. The van der Waals surface area contributed by atoms with Crippen LogP contribution in [-0.4, -0.2) is 31.8 Å². The van der Waals surface area contributed by atoms with Gasteiger partial charge in [-0.05, 0) is 68.3 Å². The zero-order valence-corrected chi connectivity index (χ0v) is 17.9. The van der Waals surface area contributed by atoms with Crippen LogP contribution in [0.5, 0.6) is 5.75 Å². The molecule has 0 N–H and O–H groups in total. The molecule has 0 saturated heterocycles. The molecule has 0 aliphatic carbocycles. The van der Waals surface area contributed by atoms with E-state index in [-0.39, 0.29) is 4.90 Å². The molecule has 1 heterocycles. The Bertz CT molecular complexity index is 1200. The Labute approximate surface area is 168 Å². The van der Waals surface area contributed by atoms with Gasteiger partial charge < -0.3 is 9.30 Å². The second kappa shape index (κ2) is 7.89. The number of aromatic nitrogens is 1. The minimum atomic E-state index is -3.77. The van der Waals surface area contributed by atoms with Crippen molar-refractivity contribution in [1.82, 2.24) is 4.57 Å². The van der Waals surface area contributed by atoms with Crippen molar-refractivity contribution in [3.8, 4) is 5.75 Å². The van der Waals surface area contributed by atoms with Crippen molar-refractivity contribution in [3.63, 3.8) is 0 Å². The van der Waals surface area contributed by atoms with Crippen molar-refractivity contribution in [3.05, 3.63) is 52.3 Å². The minimum absolute atomic E-state index is 0.0720. The number of thiazole rings is 1. The fourth-order valence-electron chi connectivity index (χ4n) is 2.88. The number of ether oxygens (including phenoxy) is 1. The molecule has 3 rings (SSSR count). The summed E-state index contributed by atoms with van der Waals surface area (Å²) in [5.41, 5.74) is 3.32. The Morgan fingerprint density at radius 3 is 2.39 bits per heavy atom. The normalized spacial score (nSPS) is 12.5. The summed E-state index contributed by atoms with van der Waals surface area (Å²) in [5, 5.41) is 0. The van der Waals surface area contributed by atoms with Crippen LogP contribution in [0, 0.1) is 13.8 Å². The van der Waals surface area contributed by atoms with Crippen molar-refractivity contribution in [2.75, 3.05) is 12.9 Å². The number of carbonyl (C=O) groups is 1. The van der Waals surface area contributed by atoms with E-state index in [1.807, 2.05) is 25.3 Å². The van der Waals surface area contributed by atoms with Crippen molar-refractivity contribution in [1.29, 1.82) is 0 Å². The van der Waals surface area contributed by atoms with E-state index < -0.39 is 21.5 Å². The summed E-state index contributed by atoms with van der Waals surface area (Å²) in [4.78, 5) is 17.1. The molecule has 28 heavy (non-hydrogen) atoms. The molecule has 0 atom stereocenters. The van der Waals surface area contributed by atoms with Gasteiger partial charge in [-0.15, -0.1) is 0 Å². The fraction of sp³-hybridized carbons (Fsp3) is 0.300. The van der Waals surface area contributed by atoms with Crippen molar-refractivity contribution in [2.45, 2.75) is 32.2 Å². The summed E-state index contributed by atoms with van der Waals surface area (Å²) in [6.45, 7) is 6.68. The highest BCUT2D eigenvalue weighted by Gasteiger charge is 2.19. The summed E-state index contributed by atoms with van der Waals surface area (Å²) < 4.78 is 33.0. The molecule has 8 heteroatoms. The first kappa shape index (κ1) is 20.3. The van der Waals surface area contributed by atoms with Gasteiger partial charge >= 0.3 is 0 Å². The second-order valence-electron chi connectivity index (χ2n) is 6.47. The largest absolute Gasteiger partial charge is 0.497 e. The smallest absolute Gasteiger partial charge is 0.263 e. The molecular formula is C20H22N2O4S2. The molecule has 0 unspecified atom stereocenters. The predicted molar refractivity (Wildman–Crippen MR) is 111 cm³/mol. The molecule has 6 nitrogen and oxygen atoms in total. The third-order valence-corrected chi connectivity index (χ3v) is 7.23. The van der Waals surface area contributed by atoms with Crippen LogP contribution in [0.3, 0.4) is 0 Å². The van der Waals surface area contributed by atoms with Crippen LogP contribution in [-0.2, 0) is 21.2 Å². The molecule has 0 fully saturated rings. The first-order valence-corrected chi connectivity index (χ1v) is 11.3. The molecule has 0 saturated carbocycles. The number of hydrogen-bond donors (Lipinski definition) is 0. The quantitative estimate of drug-likeness (QED) is 0.637. The summed E-state index contributed by atoms with van der Waals surface area (Å²) >= 11 is 1.39. The number of amides is 1. The highest BCUT2D eigenvalue weighted by molar-refractivity contribution is 7.92. The number of rotatable bonds is 5. The van der Waals surface area contributed by atoms with Gasteiger partial charge in [0.15, 0.2) is 14.6 Å². The van der Waals surface area contributed by atoms with Crippen LogP contribution in [0.4, 0.5) is 0 Å². The standard InChI is InChI=1S/C20H22N2O4S2/c1-5-22-17-10-13(2)14(3)11-18(17)27-20(22)21-19(23)12-28(24,25)16-8-6-15(26-4)7-9-16/h6-11H,5,12H2,1-4H3. The van der Waals surface area contributed by atoms with Crippen LogP contribution in [0.1, 0.15) is 18.1 Å². The topological polar surface area (TPSA) is 77.7 Å². The molecule has 2 aromatic carbocycles. The van der Waals surface area contributed by atoms with Gasteiger partial charge in [0.1, 0.15) is 11.5 Å². The molecule has 0 bridgehead atoms. The lowest BCUT2D eigenvalue weighted by Gasteiger charge is -2.04. The Morgan fingerprint density at radius 1 is 1.14 bits per heavy atom. The van der Waals surface area contributed by atoms with Gasteiger partial charge in [0.2, 0.25) is 0 Å². The molecule has 0 aliphatic heterocycles.